The Morgan fingerprint density at radius 1 is 1.05 bits per heavy atom. The van der Waals surface area contributed by atoms with Gasteiger partial charge in [-0.2, -0.15) is 4.31 Å². The topological polar surface area (TPSA) is 91.8 Å². The Hall–Kier alpha value is -0.960. The fraction of sp³-hybridized carbons (Fsp3) is 0.538. The second-order valence-electron chi connectivity index (χ2n) is 5.27. The lowest BCUT2D eigenvalue weighted by Gasteiger charge is -2.30. The first-order valence-corrected chi connectivity index (χ1v) is 9.99. The van der Waals surface area contributed by atoms with E-state index in [9.17, 15) is 16.8 Å². The standard InChI is InChI=1S/C13H19NO5S2/c1-20(16,17)12-2-4-13(5-3-12)21(18,19)14-8-6-11(10-15)7-9-14/h2-5,11,15H,6-10H2,1H3. The van der Waals surface area contributed by atoms with Crippen molar-refractivity contribution in [3.8, 4) is 0 Å². The monoisotopic (exact) mass is 333 g/mol. The van der Waals surface area contributed by atoms with Crippen LogP contribution in [0.3, 0.4) is 0 Å². The van der Waals surface area contributed by atoms with Gasteiger partial charge in [0.25, 0.3) is 0 Å². The molecule has 0 unspecified atom stereocenters. The molecule has 8 heteroatoms. The molecule has 6 nitrogen and oxygen atoms in total. The molecular weight excluding hydrogens is 314 g/mol. The highest BCUT2D eigenvalue weighted by Crippen LogP contribution is 2.24. The van der Waals surface area contributed by atoms with Gasteiger partial charge in [-0.1, -0.05) is 0 Å². The van der Waals surface area contributed by atoms with Gasteiger partial charge in [0.05, 0.1) is 9.79 Å². The van der Waals surface area contributed by atoms with Gasteiger partial charge in [0.15, 0.2) is 9.84 Å². The first kappa shape index (κ1) is 16.4. The van der Waals surface area contributed by atoms with Gasteiger partial charge >= 0.3 is 0 Å². The number of benzene rings is 1. The van der Waals surface area contributed by atoms with E-state index in [0.29, 0.717) is 25.9 Å². The largest absolute Gasteiger partial charge is 0.396 e. The Morgan fingerprint density at radius 2 is 1.52 bits per heavy atom. The second kappa shape index (κ2) is 6.04. The van der Waals surface area contributed by atoms with Crippen molar-refractivity contribution < 1.29 is 21.9 Å². The molecule has 0 atom stereocenters. The summed E-state index contributed by atoms with van der Waals surface area (Å²) in [7, 11) is -6.94. The number of aliphatic hydroxyl groups is 1. The smallest absolute Gasteiger partial charge is 0.243 e. The highest BCUT2D eigenvalue weighted by molar-refractivity contribution is 7.90. The molecule has 1 fully saturated rings. The van der Waals surface area contributed by atoms with Crippen LogP contribution in [-0.2, 0) is 19.9 Å². The number of sulfonamides is 1. The zero-order valence-electron chi connectivity index (χ0n) is 11.8. The van der Waals surface area contributed by atoms with E-state index in [1.54, 1.807) is 0 Å². The number of rotatable bonds is 4. The van der Waals surface area contributed by atoms with E-state index in [-0.39, 0.29) is 22.3 Å². The molecule has 0 radical (unpaired) electrons. The average molecular weight is 333 g/mol. The zero-order valence-corrected chi connectivity index (χ0v) is 13.4. The van der Waals surface area contributed by atoms with E-state index in [4.69, 9.17) is 5.11 Å². The zero-order chi connectivity index (χ0) is 15.7. The minimum absolute atomic E-state index is 0.0803. The molecule has 1 N–H and O–H groups in total. The van der Waals surface area contributed by atoms with E-state index in [0.717, 1.165) is 6.26 Å². The molecule has 1 heterocycles. The van der Waals surface area contributed by atoms with Gasteiger partial charge in [0.2, 0.25) is 10.0 Å². The van der Waals surface area contributed by atoms with Crippen LogP contribution in [-0.4, -0.2) is 52.2 Å². The number of sulfone groups is 1. The first-order valence-electron chi connectivity index (χ1n) is 6.66. The lowest BCUT2D eigenvalue weighted by Crippen LogP contribution is -2.39. The summed E-state index contributed by atoms with van der Waals surface area (Å²) in [6.45, 7) is 0.833. The summed E-state index contributed by atoms with van der Waals surface area (Å²) in [5.74, 6) is 0.157. The summed E-state index contributed by atoms with van der Waals surface area (Å²) >= 11 is 0. The molecule has 1 aliphatic heterocycles. The Kier molecular flexibility index (Phi) is 4.72. The molecule has 21 heavy (non-hydrogen) atoms. The van der Waals surface area contributed by atoms with Gasteiger partial charge in [-0.3, -0.25) is 0 Å². The molecule has 1 aromatic rings. The molecule has 0 bridgehead atoms. The molecule has 2 rings (SSSR count). The van der Waals surface area contributed by atoms with Crippen molar-refractivity contribution in [1.29, 1.82) is 0 Å². The van der Waals surface area contributed by atoms with E-state index < -0.39 is 19.9 Å². The summed E-state index contributed by atoms with van der Waals surface area (Å²) in [5, 5.41) is 9.08. The van der Waals surface area contributed by atoms with E-state index in [1.807, 2.05) is 0 Å². The Morgan fingerprint density at radius 3 is 1.95 bits per heavy atom. The quantitative estimate of drug-likeness (QED) is 0.865. The van der Waals surface area contributed by atoms with E-state index >= 15 is 0 Å². The van der Waals surface area contributed by atoms with Crippen LogP contribution in [0.4, 0.5) is 0 Å². The van der Waals surface area contributed by atoms with Crippen LogP contribution in [0.1, 0.15) is 12.8 Å². The minimum Gasteiger partial charge on any atom is -0.396 e. The van der Waals surface area contributed by atoms with Crippen LogP contribution >= 0.6 is 0 Å². The van der Waals surface area contributed by atoms with Crippen LogP contribution in [0.2, 0.25) is 0 Å². The molecular formula is C13H19NO5S2. The lowest BCUT2D eigenvalue weighted by molar-refractivity contribution is 0.170. The maximum absolute atomic E-state index is 12.5. The number of nitrogens with zero attached hydrogens (tertiary/aromatic N) is 1. The fourth-order valence-corrected chi connectivity index (χ4v) is 4.44. The Labute approximate surface area is 125 Å². The third kappa shape index (κ3) is 3.63. The number of piperidine rings is 1. The van der Waals surface area contributed by atoms with Crippen LogP contribution in [0.5, 0.6) is 0 Å². The van der Waals surface area contributed by atoms with Crippen LogP contribution < -0.4 is 0 Å². The molecule has 0 amide bonds. The fourth-order valence-electron chi connectivity index (χ4n) is 2.34. The second-order valence-corrected chi connectivity index (χ2v) is 9.23. The van der Waals surface area contributed by atoms with Crippen molar-refractivity contribution in [2.75, 3.05) is 26.0 Å². The maximum atomic E-state index is 12.5. The maximum Gasteiger partial charge on any atom is 0.243 e. The van der Waals surface area contributed by atoms with Gasteiger partial charge in [-0.25, -0.2) is 16.8 Å². The van der Waals surface area contributed by atoms with Gasteiger partial charge in [0, 0.05) is 26.0 Å². The van der Waals surface area contributed by atoms with Crippen molar-refractivity contribution in [2.24, 2.45) is 5.92 Å². The highest BCUT2D eigenvalue weighted by Gasteiger charge is 2.29. The average Bonchev–Trinajstić information content (AvgIpc) is 2.46. The Balaban J connectivity index is 2.21. The van der Waals surface area contributed by atoms with E-state index in [1.165, 1.54) is 28.6 Å². The van der Waals surface area contributed by atoms with Crippen molar-refractivity contribution in [2.45, 2.75) is 22.6 Å². The number of hydrogen-bond acceptors (Lipinski definition) is 5. The normalized spacial score (nSPS) is 18.8. The van der Waals surface area contributed by atoms with Crippen LogP contribution in [0, 0.1) is 5.92 Å². The molecule has 1 saturated heterocycles. The number of hydrogen-bond donors (Lipinski definition) is 1. The van der Waals surface area contributed by atoms with E-state index in [2.05, 4.69) is 0 Å². The van der Waals surface area contributed by atoms with Crippen molar-refractivity contribution >= 4 is 19.9 Å². The molecule has 0 aromatic heterocycles. The Bertz CT molecular complexity index is 687. The van der Waals surface area contributed by atoms with Crippen molar-refractivity contribution in [3.05, 3.63) is 24.3 Å². The van der Waals surface area contributed by atoms with Crippen LogP contribution in [0.25, 0.3) is 0 Å². The molecule has 1 aliphatic rings. The predicted molar refractivity (Wildman–Crippen MR) is 78.1 cm³/mol. The molecule has 1 aromatic carbocycles. The van der Waals surface area contributed by atoms with Crippen LogP contribution in [0.15, 0.2) is 34.1 Å². The molecule has 118 valence electrons. The molecule has 0 aliphatic carbocycles. The lowest BCUT2D eigenvalue weighted by atomic mass is 10.00. The van der Waals surface area contributed by atoms with Gasteiger partial charge in [0.1, 0.15) is 0 Å². The summed E-state index contributed by atoms with van der Waals surface area (Å²) in [5.41, 5.74) is 0. The third-order valence-electron chi connectivity index (χ3n) is 3.72. The summed E-state index contributed by atoms with van der Waals surface area (Å²) in [4.78, 5) is 0.192. The molecule has 0 spiro atoms. The van der Waals surface area contributed by atoms with Gasteiger partial charge in [-0.05, 0) is 43.0 Å². The first-order chi connectivity index (χ1) is 9.75. The SMILES string of the molecule is CS(=O)(=O)c1ccc(S(=O)(=O)N2CCC(CO)CC2)cc1. The van der Waals surface area contributed by atoms with Crippen molar-refractivity contribution in [1.82, 2.24) is 4.31 Å². The summed E-state index contributed by atoms with van der Waals surface area (Å²) in [6, 6.07) is 5.26. The highest BCUT2D eigenvalue weighted by atomic mass is 32.2. The van der Waals surface area contributed by atoms with Gasteiger partial charge < -0.3 is 5.11 Å². The predicted octanol–water partition coefficient (Wildman–Crippen LogP) is 0.483. The third-order valence-corrected chi connectivity index (χ3v) is 6.76. The van der Waals surface area contributed by atoms with Gasteiger partial charge in [-0.15, -0.1) is 0 Å². The summed E-state index contributed by atoms with van der Waals surface area (Å²) in [6.07, 6.45) is 2.35. The minimum atomic E-state index is -3.60. The molecule has 0 saturated carbocycles. The van der Waals surface area contributed by atoms with Crippen molar-refractivity contribution in [3.63, 3.8) is 0 Å². The summed E-state index contributed by atoms with van der Waals surface area (Å²) < 4.78 is 49.1. The number of aliphatic hydroxyl groups excluding tert-OH is 1.